The van der Waals surface area contributed by atoms with Gasteiger partial charge >= 0.3 is 0 Å². The van der Waals surface area contributed by atoms with Crippen LogP contribution in [0.2, 0.25) is 0 Å². The summed E-state index contributed by atoms with van der Waals surface area (Å²) in [5.74, 6) is 0.0637. The molecule has 0 atom stereocenters. The fourth-order valence-corrected chi connectivity index (χ4v) is 4.72. The van der Waals surface area contributed by atoms with Gasteiger partial charge in [0.25, 0.3) is 0 Å². The van der Waals surface area contributed by atoms with Gasteiger partial charge in [-0.05, 0) is 95.6 Å². The number of benzene rings is 1. The lowest BCUT2D eigenvalue weighted by Gasteiger charge is -2.37. The molecule has 0 bridgehead atoms. The smallest absolute Gasteiger partial charge is 0.161 e. The number of aryl methyl sites for hydroxylation is 1. The number of halogens is 3. The van der Waals surface area contributed by atoms with Gasteiger partial charge in [0, 0.05) is 22.6 Å². The quantitative estimate of drug-likeness (QED) is 0.307. The van der Waals surface area contributed by atoms with Crippen molar-refractivity contribution in [2.24, 2.45) is 5.92 Å². The van der Waals surface area contributed by atoms with E-state index in [0.717, 1.165) is 67.0 Å². The van der Waals surface area contributed by atoms with Crippen LogP contribution >= 0.6 is 38.5 Å². The molecule has 3 nitrogen and oxygen atoms in total. The van der Waals surface area contributed by atoms with Crippen LogP contribution in [0.25, 0.3) is 0 Å². The second-order valence-corrected chi connectivity index (χ2v) is 9.02. The highest BCUT2D eigenvalue weighted by Gasteiger charge is 2.28. The van der Waals surface area contributed by atoms with Crippen LogP contribution in [0.3, 0.4) is 0 Å². The summed E-state index contributed by atoms with van der Waals surface area (Å²) in [6, 6.07) is 1.95. The monoisotopic (exact) mass is 523 g/mol. The van der Waals surface area contributed by atoms with E-state index >= 15 is 0 Å². The zero-order chi connectivity index (χ0) is 18.0. The molecule has 1 saturated heterocycles. The van der Waals surface area contributed by atoms with Crippen molar-refractivity contribution in [2.75, 3.05) is 18.0 Å². The van der Waals surface area contributed by atoms with Gasteiger partial charge in [0.15, 0.2) is 5.82 Å². The van der Waals surface area contributed by atoms with Gasteiger partial charge in [0.1, 0.15) is 6.29 Å². The Hall–Kier alpha value is -0.210. The number of nitrogens with zero attached hydrogens (tertiary/aromatic N) is 1. The number of carbonyl (C=O) groups excluding carboxylic acids is 1. The molecule has 2 aliphatic rings. The number of hydrogen-bond donors (Lipinski definition) is 0. The van der Waals surface area contributed by atoms with Gasteiger partial charge in [-0.2, -0.15) is 0 Å². The summed E-state index contributed by atoms with van der Waals surface area (Å²) in [7, 11) is 0. The largest absolute Gasteiger partial charge is 0.375 e. The Bertz CT molecular complexity index is 626. The van der Waals surface area contributed by atoms with E-state index in [1.165, 1.54) is 0 Å². The van der Waals surface area contributed by atoms with Gasteiger partial charge in [-0.25, -0.2) is 4.39 Å². The van der Waals surface area contributed by atoms with Gasteiger partial charge in [0.05, 0.1) is 22.4 Å². The predicted molar refractivity (Wildman–Crippen MR) is 110 cm³/mol. The molecule has 0 radical (unpaired) electrons. The standard InChI is InChI=1S/C19H24BrFINO2/c1-12-10-16(18(21)17(20)19(12)22)23-8-6-15(7-9-23)25-14-4-2-13(11-24)3-5-14/h10-11,13-15H,2-9H2,1H3. The summed E-state index contributed by atoms with van der Waals surface area (Å²) >= 11 is 5.55. The highest BCUT2D eigenvalue weighted by Crippen LogP contribution is 2.35. The molecule has 0 N–H and O–H groups in total. The van der Waals surface area contributed by atoms with Gasteiger partial charge in [0.2, 0.25) is 0 Å². The topological polar surface area (TPSA) is 29.5 Å². The van der Waals surface area contributed by atoms with Crippen molar-refractivity contribution >= 4 is 50.5 Å². The van der Waals surface area contributed by atoms with Gasteiger partial charge in [-0.15, -0.1) is 0 Å². The highest BCUT2D eigenvalue weighted by molar-refractivity contribution is 14.1. The number of piperidine rings is 1. The Labute approximate surface area is 170 Å². The Morgan fingerprint density at radius 2 is 1.80 bits per heavy atom. The molecule has 138 valence electrons. The van der Waals surface area contributed by atoms with E-state index in [1.807, 2.05) is 13.0 Å². The summed E-state index contributed by atoms with van der Waals surface area (Å²) in [5, 5.41) is 0. The lowest BCUT2D eigenvalue weighted by molar-refractivity contribution is -0.113. The number of anilines is 1. The van der Waals surface area contributed by atoms with E-state index in [4.69, 9.17) is 4.74 Å². The van der Waals surface area contributed by atoms with Crippen LogP contribution < -0.4 is 4.90 Å². The lowest BCUT2D eigenvalue weighted by atomic mass is 9.88. The molecule has 2 fully saturated rings. The maximum absolute atomic E-state index is 14.6. The average molecular weight is 524 g/mol. The van der Waals surface area contributed by atoms with Crippen LogP contribution in [0, 0.1) is 22.2 Å². The van der Waals surface area contributed by atoms with Crippen molar-refractivity contribution in [3.63, 3.8) is 0 Å². The van der Waals surface area contributed by atoms with Gasteiger partial charge < -0.3 is 14.4 Å². The number of aldehydes is 1. The number of ether oxygens (including phenoxy) is 1. The van der Waals surface area contributed by atoms with E-state index in [-0.39, 0.29) is 17.8 Å². The summed E-state index contributed by atoms with van der Waals surface area (Å²) < 4.78 is 22.4. The maximum atomic E-state index is 14.6. The first-order valence-corrected chi connectivity index (χ1v) is 10.9. The lowest BCUT2D eigenvalue weighted by Crippen LogP contribution is -2.39. The van der Waals surface area contributed by atoms with Crippen LogP contribution in [0.5, 0.6) is 0 Å². The maximum Gasteiger partial charge on any atom is 0.161 e. The SMILES string of the molecule is Cc1cc(N2CCC(OC3CCC(C=O)CC3)CC2)c(F)c(Br)c1I. The molecular formula is C19H24BrFINO2. The molecule has 3 rings (SSSR count). The normalized spacial score (nSPS) is 25.2. The van der Waals surface area contributed by atoms with Crippen LogP contribution in [-0.2, 0) is 9.53 Å². The summed E-state index contributed by atoms with van der Waals surface area (Å²) in [5.41, 5.74) is 1.78. The third kappa shape index (κ3) is 4.56. The van der Waals surface area contributed by atoms with Crippen molar-refractivity contribution in [1.29, 1.82) is 0 Å². The van der Waals surface area contributed by atoms with E-state index in [2.05, 4.69) is 43.4 Å². The fraction of sp³-hybridized carbons (Fsp3) is 0.632. The summed E-state index contributed by atoms with van der Waals surface area (Å²) in [6.45, 7) is 3.65. The Balaban J connectivity index is 1.55. The molecule has 6 heteroatoms. The van der Waals surface area contributed by atoms with E-state index in [0.29, 0.717) is 16.3 Å². The molecule has 0 unspecified atom stereocenters. The van der Waals surface area contributed by atoms with Crippen LogP contribution in [0.4, 0.5) is 10.1 Å². The first kappa shape index (κ1) is 19.5. The zero-order valence-electron chi connectivity index (χ0n) is 14.4. The Morgan fingerprint density at radius 1 is 1.20 bits per heavy atom. The van der Waals surface area contributed by atoms with Gasteiger partial charge in [-0.3, -0.25) is 0 Å². The number of hydrogen-bond acceptors (Lipinski definition) is 3. The molecule has 1 aliphatic carbocycles. The molecule has 1 aromatic carbocycles. The Kier molecular flexibility index (Phi) is 6.77. The summed E-state index contributed by atoms with van der Waals surface area (Å²) in [6.07, 6.45) is 7.37. The van der Waals surface area contributed by atoms with E-state index < -0.39 is 0 Å². The molecule has 25 heavy (non-hydrogen) atoms. The number of rotatable bonds is 4. The van der Waals surface area contributed by atoms with E-state index in [9.17, 15) is 9.18 Å². The second kappa shape index (κ2) is 8.65. The molecule has 1 aromatic rings. The first-order chi connectivity index (χ1) is 12.0. The van der Waals surface area contributed by atoms with Crippen LogP contribution in [-0.4, -0.2) is 31.6 Å². The molecular weight excluding hydrogens is 500 g/mol. The van der Waals surface area contributed by atoms with Crippen molar-refractivity contribution < 1.29 is 13.9 Å². The zero-order valence-corrected chi connectivity index (χ0v) is 18.2. The molecule has 1 saturated carbocycles. The minimum absolute atomic E-state index is 0.165. The molecule has 0 amide bonds. The predicted octanol–water partition coefficient (Wildman–Crippen LogP) is 5.24. The fourth-order valence-electron chi connectivity index (χ4n) is 3.81. The highest BCUT2D eigenvalue weighted by atomic mass is 127. The van der Waals surface area contributed by atoms with Gasteiger partial charge in [-0.1, -0.05) is 0 Å². The average Bonchev–Trinajstić information content (AvgIpc) is 2.64. The summed E-state index contributed by atoms with van der Waals surface area (Å²) in [4.78, 5) is 13.0. The van der Waals surface area contributed by atoms with Crippen molar-refractivity contribution in [3.8, 4) is 0 Å². The molecule has 0 aromatic heterocycles. The minimum atomic E-state index is -0.165. The number of carbonyl (C=O) groups is 1. The third-order valence-corrected chi connectivity index (χ3v) is 8.26. The second-order valence-electron chi connectivity index (χ2n) is 7.15. The minimum Gasteiger partial charge on any atom is -0.375 e. The van der Waals surface area contributed by atoms with Crippen LogP contribution in [0.15, 0.2) is 10.5 Å². The van der Waals surface area contributed by atoms with Crippen molar-refractivity contribution in [2.45, 2.75) is 57.7 Å². The van der Waals surface area contributed by atoms with Crippen molar-refractivity contribution in [3.05, 3.63) is 25.5 Å². The Morgan fingerprint density at radius 3 is 2.40 bits per heavy atom. The van der Waals surface area contributed by atoms with Crippen LogP contribution in [0.1, 0.15) is 44.1 Å². The molecule has 0 spiro atoms. The molecule has 1 aliphatic heterocycles. The van der Waals surface area contributed by atoms with Crippen molar-refractivity contribution in [1.82, 2.24) is 0 Å². The third-order valence-electron chi connectivity index (χ3n) is 5.39. The van der Waals surface area contributed by atoms with E-state index in [1.54, 1.807) is 0 Å². The first-order valence-electron chi connectivity index (χ1n) is 8.99. The molecule has 1 heterocycles.